The third kappa shape index (κ3) is 3.88. The van der Waals surface area contributed by atoms with E-state index in [1.54, 1.807) is 17.4 Å². The average Bonchev–Trinajstić information content (AvgIpc) is 2.93. The Bertz CT molecular complexity index is 887. The number of para-hydroxylation sites is 1. The Hall–Kier alpha value is -1.95. The van der Waals surface area contributed by atoms with Crippen molar-refractivity contribution in [3.05, 3.63) is 74.4 Å². The number of nitrogens with one attached hydrogen (secondary N) is 1. The van der Waals surface area contributed by atoms with Gasteiger partial charge in [-0.25, -0.2) is 4.98 Å². The lowest BCUT2D eigenvalue weighted by Gasteiger charge is -2.19. The Morgan fingerprint density at radius 1 is 1.26 bits per heavy atom. The van der Waals surface area contributed by atoms with Gasteiger partial charge in [-0.15, -0.1) is 17.9 Å². The number of H-pyrrole nitrogens is 1. The van der Waals surface area contributed by atoms with Gasteiger partial charge in [0.15, 0.2) is 0 Å². The van der Waals surface area contributed by atoms with Crippen LogP contribution in [0.4, 0.5) is 0 Å². The first kappa shape index (κ1) is 15.9. The zero-order valence-corrected chi connectivity index (χ0v) is 14.0. The molecule has 23 heavy (non-hydrogen) atoms. The molecular formula is C17H16ClN3OS. The van der Waals surface area contributed by atoms with Gasteiger partial charge in [0.05, 0.1) is 21.8 Å². The summed E-state index contributed by atoms with van der Waals surface area (Å²) in [6, 6.07) is 11.3. The van der Waals surface area contributed by atoms with Gasteiger partial charge in [0.1, 0.15) is 5.82 Å². The van der Waals surface area contributed by atoms with Crippen molar-refractivity contribution in [1.29, 1.82) is 0 Å². The van der Waals surface area contributed by atoms with Crippen LogP contribution in [-0.4, -0.2) is 21.4 Å². The van der Waals surface area contributed by atoms with Gasteiger partial charge in [0.25, 0.3) is 5.56 Å². The van der Waals surface area contributed by atoms with Crippen LogP contribution in [-0.2, 0) is 13.1 Å². The Morgan fingerprint density at radius 2 is 2.09 bits per heavy atom. The van der Waals surface area contributed by atoms with E-state index in [1.807, 2.05) is 36.4 Å². The molecule has 0 aliphatic carbocycles. The number of rotatable bonds is 6. The quantitative estimate of drug-likeness (QED) is 0.691. The monoisotopic (exact) mass is 345 g/mol. The number of aromatic amines is 1. The summed E-state index contributed by atoms with van der Waals surface area (Å²) >= 11 is 7.54. The minimum absolute atomic E-state index is 0.108. The van der Waals surface area contributed by atoms with Gasteiger partial charge < -0.3 is 4.98 Å². The zero-order valence-electron chi connectivity index (χ0n) is 12.5. The van der Waals surface area contributed by atoms with Crippen molar-refractivity contribution in [2.24, 2.45) is 0 Å². The van der Waals surface area contributed by atoms with Crippen molar-refractivity contribution in [3.63, 3.8) is 0 Å². The summed E-state index contributed by atoms with van der Waals surface area (Å²) in [5.74, 6) is 0.651. The molecule has 0 saturated heterocycles. The van der Waals surface area contributed by atoms with Gasteiger partial charge in [-0.2, -0.15) is 0 Å². The fourth-order valence-electron chi connectivity index (χ4n) is 2.45. The van der Waals surface area contributed by atoms with E-state index >= 15 is 0 Å². The molecule has 0 radical (unpaired) electrons. The molecule has 0 unspecified atom stereocenters. The molecule has 0 amide bonds. The predicted octanol–water partition coefficient (Wildman–Crippen LogP) is 3.83. The van der Waals surface area contributed by atoms with E-state index < -0.39 is 0 Å². The second-order valence-corrected chi connectivity index (χ2v) is 6.99. The summed E-state index contributed by atoms with van der Waals surface area (Å²) in [4.78, 5) is 22.9. The lowest BCUT2D eigenvalue weighted by atomic mass is 10.2. The molecule has 3 rings (SSSR count). The number of benzene rings is 1. The molecule has 2 aromatic heterocycles. The highest BCUT2D eigenvalue weighted by Crippen LogP contribution is 2.23. The van der Waals surface area contributed by atoms with Gasteiger partial charge >= 0.3 is 0 Å². The Kier molecular flexibility index (Phi) is 4.91. The minimum atomic E-state index is -0.108. The van der Waals surface area contributed by atoms with Crippen LogP contribution in [0.15, 0.2) is 53.8 Å². The molecule has 118 valence electrons. The third-order valence-corrected chi connectivity index (χ3v) is 4.65. The van der Waals surface area contributed by atoms with Crippen molar-refractivity contribution in [3.8, 4) is 0 Å². The van der Waals surface area contributed by atoms with Crippen molar-refractivity contribution in [1.82, 2.24) is 14.9 Å². The lowest BCUT2D eigenvalue weighted by Crippen LogP contribution is -2.25. The Balaban J connectivity index is 1.84. The molecule has 0 aliphatic heterocycles. The van der Waals surface area contributed by atoms with E-state index in [0.29, 0.717) is 29.8 Å². The average molecular weight is 346 g/mol. The fraction of sp³-hybridized carbons (Fsp3) is 0.176. The number of thiophene rings is 1. The number of nitrogens with zero attached hydrogens (tertiary/aromatic N) is 2. The van der Waals surface area contributed by atoms with Crippen molar-refractivity contribution in [2.75, 3.05) is 6.54 Å². The zero-order chi connectivity index (χ0) is 16.2. The summed E-state index contributed by atoms with van der Waals surface area (Å²) in [5.41, 5.74) is 0.604. The molecule has 2 heterocycles. The van der Waals surface area contributed by atoms with Crippen LogP contribution in [0.1, 0.15) is 10.7 Å². The van der Waals surface area contributed by atoms with E-state index in [-0.39, 0.29) is 5.56 Å². The van der Waals surface area contributed by atoms with Gasteiger partial charge in [-0.1, -0.05) is 29.8 Å². The maximum Gasteiger partial charge on any atom is 0.258 e. The molecular weight excluding hydrogens is 330 g/mol. The van der Waals surface area contributed by atoms with Gasteiger partial charge in [0, 0.05) is 18.0 Å². The molecule has 1 aromatic carbocycles. The summed E-state index contributed by atoms with van der Waals surface area (Å²) in [6.07, 6.45) is 1.84. The molecule has 0 saturated carbocycles. The molecule has 3 aromatic rings. The van der Waals surface area contributed by atoms with E-state index in [0.717, 1.165) is 10.9 Å². The molecule has 1 N–H and O–H groups in total. The number of aromatic nitrogens is 2. The first-order chi connectivity index (χ1) is 11.2. The highest BCUT2D eigenvalue weighted by molar-refractivity contribution is 7.16. The Labute approximate surface area is 143 Å². The lowest BCUT2D eigenvalue weighted by molar-refractivity contribution is 0.281. The van der Waals surface area contributed by atoms with Crippen molar-refractivity contribution in [2.45, 2.75) is 13.1 Å². The van der Waals surface area contributed by atoms with E-state index in [1.165, 1.54) is 4.88 Å². The molecule has 0 aliphatic rings. The highest BCUT2D eigenvalue weighted by Gasteiger charge is 2.10. The second kappa shape index (κ2) is 7.08. The number of halogens is 1. The fourth-order valence-corrected chi connectivity index (χ4v) is 3.58. The standard InChI is InChI=1S/C17H16ClN3OS/c1-2-9-21(10-12-7-8-15(18)23-12)11-16-19-14-6-4-3-5-13(14)17(22)20-16/h2-8H,1,9-11H2,(H,19,20,22). The van der Waals surface area contributed by atoms with E-state index in [4.69, 9.17) is 11.6 Å². The van der Waals surface area contributed by atoms with Gasteiger partial charge in [-0.05, 0) is 24.3 Å². The number of hydrogen-bond donors (Lipinski definition) is 1. The largest absolute Gasteiger partial charge is 0.309 e. The first-order valence-corrected chi connectivity index (χ1v) is 8.40. The molecule has 0 spiro atoms. The van der Waals surface area contributed by atoms with Crippen LogP contribution in [0, 0.1) is 0 Å². The van der Waals surface area contributed by atoms with Crippen molar-refractivity contribution >= 4 is 33.8 Å². The van der Waals surface area contributed by atoms with Crippen molar-refractivity contribution < 1.29 is 0 Å². The van der Waals surface area contributed by atoms with Crippen LogP contribution in [0.5, 0.6) is 0 Å². The maximum atomic E-state index is 12.2. The highest BCUT2D eigenvalue weighted by atomic mass is 35.5. The van der Waals surface area contributed by atoms with Gasteiger partial charge in [0.2, 0.25) is 0 Å². The first-order valence-electron chi connectivity index (χ1n) is 7.21. The number of hydrogen-bond acceptors (Lipinski definition) is 4. The smallest absolute Gasteiger partial charge is 0.258 e. The molecule has 0 bridgehead atoms. The SMILES string of the molecule is C=CCN(Cc1nc2ccccc2c(=O)[nH]1)Cc1ccc(Cl)s1. The maximum absolute atomic E-state index is 12.2. The van der Waals surface area contributed by atoms with Crippen LogP contribution in [0.2, 0.25) is 4.34 Å². The summed E-state index contributed by atoms with van der Waals surface area (Å²) in [6.45, 7) is 5.78. The molecule has 6 heteroatoms. The normalized spacial score (nSPS) is 11.2. The molecule has 0 fully saturated rings. The Morgan fingerprint density at radius 3 is 2.83 bits per heavy atom. The summed E-state index contributed by atoms with van der Waals surface area (Å²) < 4.78 is 0.774. The van der Waals surface area contributed by atoms with Crippen LogP contribution < -0.4 is 5.56 Å². The summed E-state index contributed by atoms with van der Waals surface area (Å²) in [5, 5.41) is 0.608. The molecule has 4 nitrogen and oxygen atoms in total. The minimum Gasteiger partial charge on any atom is -0.309 e. The van der Waals surface area contributed by atoms with Gasteiger partial charge in [-0.3, -0.25) is 9.69 Å². The van der Waals surface area contributed by atoms with E-state index in [2.05, 4.69) is 21.4 Å². The second-order valence-electron chi connectivity index (χ2n) is 5.19. The predicted molar refractivity (Wildman–Crippen MR) is 96.0 cm³/mol. The number of fused-ring (bicyclic) bond motifs is 1. The molecule has 0 atom stereocenters. The topological polar surface area (TPSA) is 49.0 Å². The third-order valence-electron chi connectivity index (χ3n) is 3.43. The van der Waals surface area contributed by atoms with Crippen LogP contribution >= 0.6 is 22.9 Å². The van der Waals surface area contributed by atoms with E-state index in [9.17, 15) is 4.79 Å². The van der Waals surface area contributed by atoms with Crippen LogP contribution in [0.25, 0.3) is 10.9 Å². The van der Waals surface area contributed by atoms with Crippen LogP contribution in [0.3, 0.4) is 0 Å². The summed E-state index contributed by atoms with van der Waals surface area (Å²) in [7, 11) is 0.